The molecule has 4 rings (SSSR count). The standard InChI is InChI=1S/C30H34N4O7/c1-17(2)26(33-27(37)18(3)21-16-31-22-12-8-7-11-20(21)22)24-15-30(41-34-24,14-19-9-5-4-6-10-19)29(40)32-23(28(38)39)13-25(35)36/h4-12,15-18,23,26,31,34H,13-14H2,1-3H3,(H,32,40)(H,33,37)(H,35,36)(H,38,39)/t18?,23-,26-,30?/m0/s1. The number of hydrogen-bond donors (Lipinski definition) is 6. The van der Waals surface area contributed by atoms with Gasteiger partial charge in [0.15, 0.2) is 5.60 Å². The number of hydroxylamine groups is 1. The lowest BCUT2D eigenvalue weighted by atomic mass is 9.89. The number of carbonyl (C=O) groups excluding carboxylic acids is 2. The van der Waals surface area contributed by atoms with E-state index < -0.39 is 47.9 Å². The highest BCUT2D eigenvalue weighted by atomic mass is 16.7. The Hall–Kier alpha value is -4.64. The van der Waals surface area contributed by atoms with Gasteiger partial charge in [0, 0.05) is 23.5 Å². The van der Waals surface area contributed by atoms with Gasteiger partial charge in [-0.2, -0.15) is 0 Å². The molecule has 0 saturated carbocycles. The van der Waals surface area contributed by atoms with Crippen molar-refractivity contribution >= 4 is 34.7 Å². The van der Waals surface area contributed by atoms with Crippen LogP contribution in [0.1, 0.15) is 44.2 Å². The van der Waals surface area contributed by atoms with Gasteiger partial charge in [-0.15, -0.1) is 0 Å². The molecule has 0 spiro atoms. The summed E-state index contributed by atoms with van der Waals surface area (Å²) < 4.78 is 0. The molecule has 2 aromatic carbocycles. The highest BCUT2D eigenvalue weighted by Crippen LogP contribution is 2.30. The lowest BCUT2D eigenvalue weighted by Gasteiger charge is -2.26. The van der Waals surface area contributed by atoms with Crippen LogP contribution >= 0.6 is 0 Å². The Bertz CT molecular complexity index is 1470. The predicted octanol–water partition coefficient (Wildman–Crippen LogP) is 2.86. The van der Waals surface area contributed by atoms with Gasteiger partial charge in [0.2, 0.25) is 5.91 Å². The normalized spacial score (nSPS) is 18.7. The van der Waals surface area contributed by atoms with Crippen LogP contribution in [0.15, 0.2) is 72.6 Å². The molecular formula is C30H34N4O7. The highest BCUT2D eigenvalue weighted by Gasteiger charge is 2.46. The number of rotatable bonds is 12. The SMILES string of the molecule is CC(C(=O)N[C@H](C1=CC(Cc2ccccc2)(C(=O)N[C@@H](CC(=O)O)C(=O)O)ON1)C(C)C)c1c[nH]c2ccccc12. The van der Waals surface area contributed by atoms with Gasteiger partial charge in [0.05, 0.1) is 24.1 Å². The number of aromatic amines is 1. The summed E-state index contributed by atoms with van der Waals surface area (Å²) in [6.07, 6.45) is 2.58. The number of hydrogen-bond acceptors (Lipinski definition) is 6. The van der Waals surface area contributed by atoms with E-state index in [1.807, 2.05) is 57.3 Å². The first-order valence-electron chi connectivity index (χ1n) is 13.3. The van der Waals surface area contributed by atoms with E-state index in [9.17, 15) is 24.3 Å². The number of carboxylic acid groups (broad SMARTS) is 2. The molecule has 0 radical (unpaired) electrons. The molecule has 41 heavy (non-hydrogen) atoms. The molecule has 2 heterocycles. The fourth-order valence-electron chi connectivity index (χ4n) is 4.92. The molecule has 2 unspecified atom stereocenters. The van der Waals surface area contributed by atoms with E-state index >= 15 is 0 Å². The number of carboxylic acids is 2. The van der Waals surface area contributed by atoms with Gasteiger partial charge in [0.1, 0.15) is 6.04 Å². The number of para-hydroxylation sites is 1. The molecular weight excluding hydrogens is 528 g/mol. The van der Waals surface area contributed by atoms with Crippen LogP contribution in [0.2, 0.25) is 0 Å². The number of fused-ring (bicyclic) bond motifs is 1. The van der Waals surface area contributed by atoms with Gasteiger partial charge in [-0.05, 0) is 36.1 Å². The molecule has 216 valence electrons. The van der Waals surface area contributed by atoms with E-state index in [1.165, 1.54) is 6.08 Å². The molecule has 1 aliphatic heterocycles. The van der Waals surface area contributed by atoms with Crippen molar-refractivity contribution in [3.63, 3.8) is 0 Å². The molecule has 0 fully saturated rings. The largest absolute Gasteiger partial charge is 0.481 e. The van der Waals surface area contributed by atoms with Crippen molar-refractivity contribution in [1.29, 1.82) is 0 Å². The van der Waals surface area contributed by atoms with Crippen molar-refractivity contribution < 1.29 is 34.2 Å². The van der Waals surface area contributed by atoms with Crippen LogP contribution < -0.4 is 16.1 Å². The average Bonchev–Trinajstić information content (AvgIpc) is 3.56. The smallest absolute Gasteiger partial charge is 0.326 e. The second-order valence-corrected chi connectivity index (χ2v) is 10.6. The Balaban J connectivity index is 1.62. The molecule has 11 nitrogen and oxygen atoms in total. The molecule has 0 bridgehead atoms. The zero-order chi connectivity index (χ0) is 29.7. The molecule has 6 N–H and O–H groups in total. The fraction of sp³-hybridized carbons (Fsp3) is 0.333. The average molecular weight is 563 g/mol. The topological polar surface area (TPSA) is 170 Å². The molecule has 4 atom stereocenters. The lowest BCUT2D eigenvalue weighted by Crippen LogP contribution is -2.54. The quantitative estimate of drug-likeness (QED) is 0.196. The Morgan fingerprint density at radius 1 is 0.951 bits per heavy atom. The third kappa shape index (κ3) is 6.58. The van der Waals surface area contributed by atoms with E-state index in [0.29, 0.717) is 5.70 Å². The highest BCUT2D eigenvalue weighted by molar-refractivity contribution is 5.94. The van der Waals surface area contributed by atoms with Gasteiger partial charge in [-0.1, -0.05) is 62.4 Å². The Morgan fingerprint density at radius 3 is 2.29 bits per heavy atom. The number of aromatic nitrogens is 1. The maximum absolute atomic E-state index is 13.5. The summed E-state index contributed by atoms with van der Waals surface area (Å²) in [6.45, 7) is 5.64. The summed E-state index contributed by atoms with van der Waals surface area (Å²) in [5.74, 6) is -4.51. The maximum Gasteiger partial charge on any atom is 0.326 e. The number of benzene rings is 2. The van der Waals surface area contributed by atoms with Gasteiger partial charge in [-0.25, -0.2) is 4.79 Å². The second kappa shape index (κ2) is 12.3. The minimum atomic E-state index is -1.71. The molecule has 0 aliphatic carbocycles. The molecule has 3 aromatic rings. The van der Waals surface area contributed by atoms with Gasteiger partial charge < -0.3 is 25.8 Å². The van der Waals surface area contributed by atoms with Crippen LogP contribution in [-0.2, 0) is 30.4 Å². The van der Waals surface area contributed by atoms with Crippen LogP contribution in [0.5, 0.6) is 0 Å². The zero-order valence-electron chi connectivity index (χ0n) is 23.0. The van der Waals surface area contributed by atoms with Crippen molar-refractivity contribution in [3.05, 3.63) is 83.7 Å². The molecule has 2 amide bonds. The van der Waals surface area contributed by atoms with E-state index in [2.05, 4.69) is 21.1 Å². The van der Waals surface area contributed by atoms with Crippen molar-refractivity contribution in [3.8, 4) is 0 Å². The number of aliphatic carboxylic acids is 2. The number of H-pyrrole nitrogens is 1. The number of carbonyl (C=O) groups is 4. The van der Waals surface area contributed by atoms with Crippen LogP contribution in [-0.4, -0.2) is 56.6 Å². The first-order chi connectivity index (χ1) is 19.5. The maximum atomic E-state index is 13.5. The van der Waals surface area contributed by atoms with Crippen molar-refractivity contribution in [2.24, 2.45) is 5.92 Å². The second-order valence-electron chi connectivity index (χ2n) is 10.6. The minimum Gasteiger partial charge on any atom is -0.481 e. The van der Waals surface area contributed by atoms with E-state index in [-0.39, 0.29) is 18.2 Å². The summed E-state index contributed by atoms with van der Waals surface area (Å²) in [5, 5.41) is 25.0. The van der Waals surface area contributed by atoms with Gasteiger partial charge in [-0.3, -0.25) is 24.7 Å². The fourth-order valence-corrected chi connectivity index (χ4v) is 4.92. The summed E-state index contributed by atoms with van der Waals surface area (Å²) >= 11 is 0. The number of amides is 2. The first-order valence-corrected chi connectivity index (χ1v) is 13.3. The van der Waals surface area contributed by atoms with Crippen LogP contribution in [0.4, 0.5) is 0 Å². The van der Waals surface area contributed by atoms with Crippen LogP contribution in [0, 0.1) is 5.92 Å². The van der Waals surface area contributed by atoms with Crippen molar-refractivity contribution in [1.82, 2.24) is 21.1 Å². The van der Waals surface area contributed by atoms with Crippen molar-refractivity contribution in [2.45, 2.75) is 57.2 Å². The van der Waals surface area contributed by atoms with Gasteiger partial charge in [0.25, 0.3) is 5.91 Å². The van der Waals surface area contributed by atoms with Gasteiger partial charge >= 0.3 is 11.9 Å². The lowest BCUT2D eigenvalue weighted by molar-refractivity contribution is -0.152. The summed E-state index contributed by atoms with van der Waals surface area (Å²) in [6, 6.07) is 14.5. The van der Waals surface area contributed by atoms with E-state index in [0.717, 1.165) is 22.0 Å². The monoisotopic (exact) mass is 562 g/mol. The summed E-state index contributed by atoms with van der Waals surface area (Å²) in [7, 11) is 0. The van der Waals surface area contributed by atoms with E-state index in [4.69, 9.17) is 9.94 Å². The van der Waals surface area contributed by atoms with E-state index in [1.54, 1.807) is 24.3 Å². The van der Waals surface area contributed by atoms with Crippen molar-refractivity contribution in [2.75, 3.05) is 0 Å². The molecule has 0 saturated heterocycles. The molecule has 1 aromatic heterocycles. The van der Waals surface area contributed by atoms with Crippen LogP contribution in [0.25, 0.3) is 10.9 Å². The molecule has 11 heteroatoms. The third-order valence-corrected chi connectivity index (χ3v) is 7.20. The minimum absolute atomic E-state index is 0.0279. The Labute approximate surface area is 236 Å². The Morgan fingerprint density at radius 2 is 1.63 bits per heavy atom. The molecule has 1 aliphatic rings. The number of nitrogens with one attached hydrogen (secondary N) is 4. The summed E-state index contributed by atoms with van der Waals surface area (Å²) in [5.41, 5.74) is 4.02. The first kappa shape index (κ1) is 29.3. The predicted molar refractivity (Wildman–Crippen MR) is 150 cm³/mol. The summed E-state index contributed by atoms with van der Waals surface area (Å²) in [4.78, 5) is 58.9. The zero-order valence-corrected chi connectivity index (χ0v) is 23.0. The Kier molecular flexibility index (Phi) is 8.77. The van der Waals surface area contributed by atoms with Crippen LogP contribution in [0.3, 0.4) is 0 Å². The third-order valence-electron chi connectivity index (χ3n) is 7.20.